The van der Waals surface area contributed by atoms with Gasteiger partial charge in [0, 0.05) is 24.2 Å². The number of aryl methyl sites for hydroxylation is 1. The summed E-state index contributed by atoms with van der Waals surface area (Å²) in [5.41, 5.74) is 2.34. The van der Waals surface area contributed by atoms with Gasteiger partial charge in [-0.3, -0.25) is 14.8 Å². The summed E-state index contributed by atoms with van der Waals surface area (Å²) < 4.78 is 0. The predicted molar refractivity (Wildman–Crippen MR) is 82.3 cm³/mol. The van der Waals surface area contributed by atoms with E-state index >= 15 is 0 Å². The van der Waals surface area contributed by atoms with Crippen LogP contribution in [-0.4, -0.2) is 20.9 Å². The quantitative estimate of drug-likeness (QED) is 0.806. The van der Waals surface area contributed by atoms with Crippen molar-refractivity contribution in [1.82, 2.24) is 15.0 Å². The van der Waals surface area contributed by atoms with Gasteiger partial charge in [-0.15, -0.1) is 11.3 Å². The van der Waals surface area contributed by atoms with Crippen LogP contribution in [0.3, 0.4) is 0 Å². The second kappa shape index (κ2) is 5.80. The minimum absolute atomic E-state index is 0.168. The molecule has 1 N–H and O–H groups in total. The van der Waals surface area contributed by atoms with Crippen LogP contribution in [0.15, 0.2) is 49.1 Å². The molecule has 104 valence electrons. The van der Waals surface area contributed by atoms with E-state index < -0.39 is 0 Å². The lowest BCUT2D eigenvalue weighted by atomic mass is 10.3. The maximum atomic E-state index is 12.3. The summed E-state index contributed by atoms with van der Waals surface area (Å²) in [6, 6.07) is 7.32. The highest BCUT2D eigenvalue weighted by Gasteiger charge is 2.16. The third-order valence-corrected chi connectivity index (χ3v) is 4.05. The lowest BCUT2D eigenvalue weighted by Crippen LogP contribution is -2.11. The van der Waals surface area contributed by atoms with E-state index in [4.69, 9.17) is 0 Å². The summed E-state index contributed by atoms with van der Waals surface area (Å²) in [7, 11) is 0. The minimum Gasteiger partial charge on any atom is -0.320 e. The zero-order chi connectivity index (χ0) is 14.7. The molecule has 5 nitrogen and oxygen atoms in total. The Morgan fingerprint density at radius 2 is 1.95 bits per heavy atom. The first-order chi connectivity index (χ1) is 10.2. The van der Waals surface area contributed by atoms with E-state index in [1.165, 1.54) is 11.3 Å². The number of nitrogens with zero attached hydrogens (tertiary/aromatic N) is 3. The van der Waals surface area contributed by atoms with Crippen LogP contribution in [0.25, 0.3) is 10.6 Å². The molecule has 0 radical (unpaired) electrons. The normalized spacial score (nSPS) is 10.3. The van der Waals surface area contributed by atoms with Gasteiger partial charge in [-0.1, -0.05) is 0 Å². The van der Waals surface area contributed by atoms with Crippen LogP contribution in [0, 0.1) is 6.92 Å². The molecule has 0 aromatic carbocycles. The molecule has 0 saturated heterocycles. The van der Waals surface area contributed by atoms with Gasteiger partial charge in [-0.2, -0.15) is 0 Å². The largest absolute Gasteiger partial charge is 0.320 e. The number of aromatic nitrogens is 3. The summed E-state index contributed by atoms with van der Waals surface area (Å²) in [6.07, 6.45) is 6.69. The molecule has 3 aromatic heterocycles. The van der Waals surface area contributed by atoms with E-state index in [-0.39, 0.29) is 5.91 Å². The Morgan fingerprint density at radius 1 is 1.14 bits per heavy atom. The lowest BCUT2D eigenvalue weighted by Gasteiger charge is -2.02. The zero-order valence-corrected chi connectivity index (χ0v) is 12.1. The Kier molecular flexibility index (Phi) is 3.70. The molecule has 0 aliphatic carbocycles. The summed E-state index contributed by atoms with van der Waals surface area (Å²) in [6.45, 7) is 1.83. The molecule has 21 heavy (non-hydrogen) atoms. The third kappa shape index (κ3) is 2.95. The highest BCUT2D eigenvalue weighted by Crippen LogP contribution is 2.27. The van der Waals surface area contributed by atoms with Crippen LogP contribution < -0.4 is 5.32 Å². The van der Waals surface area contributed by atoms with Crippen molar-refractivity contribution in [3.8, 4) is 10.6 Å². The maximum Gasteiger partial charge on any atom is 0.267 e. The van der Waals surface area contributed by atoms with Crippen LogP contribution >= 0.6 is 11.3 Å². The molecule has 3 aromatic rings. The van der Waals surface area contributed by atoms with E-state index in [2.05, 4.69) is 20.3 Å². The Balaban J connectivity index is 1.86. The van der Waals surface area contributed by atoms with Gasteiger partial charge in [0.05, 0.1) is 17.6 Å². The van der Waals surface area contributed by atoms with Crippen molar-refractivity contribution < 1.29 is 4.79 Å². The number of carbonyl (C=O) groups excluding carboxylic acids is 1. The first-order valence-electron chi connectivity index (χ1n) is 6.33. The number of thiazole rings is 1. The van der Waals surface area contributed by atoms with Gasteiger partial charge in [0.1, 0.15) is 9.88 Å². The first-order valence-corrected chi connectivity index (χ1v) is 7.15. The zero-order valence-electron chi connectivity index (χ0n) is 11.3. The number of hydrogen-bond donors (Lipinski definition) is 1. The number of carbonyl (C=O) groups is 1. The van der Waals surface area contributed by atoms with E-state index in [9.17, 15) is 4.79 Å². The lowest BCUT2D eigenvalue weighted by molar-refractivity contribution is 0.103. The summed E-state index contributed by atoms with van der Waals surface area (Å²) in [5, 5.41) is 3.63. The van der Waals surface area contributed by atoms with Crippen molar-refractivity contribution in [1.29, 1.82) is 0 Å². The fourth-order valence-corrected chi connectivity index (χ4v) is 2.82. The number of nitrogens with one attached hydrogen (secondary N) is 1. The van der Waals surface area contributed by atoms with Crippen LogP contribution in [0.5, 0.6) is 0 Å². The van der Waals surface area contributed by atoms with Gasteiger partial charge < -0.3 is 5.32 Å². The van der Waals surface area contributed by atoms with Crippen molar-refractivity contribution in [3.63, 3.8) is 0 Å². The molecule has 0 aliphatic heterocycles. The smallest absolute Gasteiger partial charge is 0.267 e. The second-order valence-electron chi connectivity index (χ2n) is 4.37. The van der Waals surface area contributed by atoms with Crippen molar-refractivity contribution >= 4 is 22.9 Å². The SMILES string of the molecule is Cc1nc(-c2ccncc2)sc1C(=O)Nc1cccnc1. The van der Waals surface area contributed by atoms with E-state index in [1.807, 2.05) is 19.1 Å². The summed E-state index contributed by atoms with van der Waals surface area (Å²) in [5.74, 6) is -0.168. The second-order valence-corrected chi connectivity index (χ2v) is 5.36. The molecule has 0 atom stereocenters. The molecular weight excluding hydrogens is 284 g/mol. The third-order valence-electron chi connectivity index (χ3n) is 2.85. The number of anilines is 1. The van der Waals surface area contributed by atoms with E-state index in [0.29, 0.717) is 16.3 Å². The molecule has 0 unspecified atom stereocenters. The average molecular weight is 296 g/mol. The van der Waals surface area contributed by atoms with Crippen molar-refractivity contribution in [2.45, 2.75) is 6.92 Å². The predicted octanol–water partition coefficient (Wildman–Crippen LogP) is 3.16. The minimum atomic E-state index is -0.168. The Hall–Kier alpha value is -2.60. The highest BCUT2D eigenvalue weighted by atomic mass is 32.1. The van der Waals surface area contributed by atoms with Crippen LogP contribution in [0.1, 0.15) is 15.4 Å². The molecule has 0 fully saturated rings. The topological polar surface area (TPSA) is 67.8 Å². The number of amides is 1. The van der Waals surface area contributed by atoms with Crippen LogP contribution in [0.4, 0.5) is 5.69 Å². The number of pyridine rings is 2. The molecule has 3 heterocycles. The average Bonchev–Trinajstić information content (AvgIpc) is 2.91. The van der Waals surface area contributed by atoms with Crippen LogP contribution in [0.2, 0.25) is 0 Å². The fourth-order valence-electron chi connectivity index (χ4n) is 1.85. The first kappa shape index (κ1) is 13.4. The number of rotatable bonds is 3. The van der Waals surface area contributed by atoms with Gasteiger partial charge in [0.2, 0.25) is 0 Å². The van der Waals surface area contributed by atoms with Gasteiger partial charge in [0.25, 0.3) is 5.91 Å². The van der Waals surface area contributed by atoms with Gasteiger partial charge >= 0.3 is 0 Å². The van der Waals surface area contributed by atoms with Gasteiger partial charge in [-0.05, 0) is 31.2 Å². The summed E-state index contributed by atoms with van der Waals surface area (Å²) in [4.78, 5) is 25.3. The van der Waals surface area contributed by atoms with E-state index in [1.54, 1.807) is 36.9 Å². The Morgan fingerprint density at radius 3 is 2.67 bits per heavy atom. The molecule has 3 rings (SSSR count). The van der Waals surface area contributed by atoms with Gasteiger partial charge in [-0.25, -0.2) is 4.98 Å². The van der Waals surface area contributed by atoms with E-state index in [0.717, 1.165) is 10.6 Å². The van der Waals surface area contributed by atoms with Crippen molar-refractivity contribution in [3.05, 3.63) is 59.6 Å². The fraction of sp³-hybridized carbons (Fsp3) is 0.0667. The highest BCUT2D eigenvalue weighted by molar-refractivity contribution is 7.17. The molecule has 0 spiro atoms. The van der Waals surface area contributed by atoms with Crippen LogP contribution in [-0.2, 0) is 0 Å². The summed E-state index contributed by atoms with van der Waals surface area (Å²) >= 11 is 1.37. The maximum absolute atomic E-state index is 12.3. The Bertz CT molecular complexity index is 756. The molecule has 0 aliphatic rings. The molecule has 1 amide bonds. The molecule has 6 heteroatoms. The number of hydrogen-bond acceptors (Lipinski definition) is 5. The van der Waals surface area contributed by atoms with Crippen molar-refractivity contribution in [2.75, 3.05) is 5.32 Å². The Labute approximate surface area is 125 Å². The standard InChI is InChI=1S/C15H12N4OS/c1-10-13(14(20)19-12-3-2-6-17-9-12)21-15(18-10)11-4-7-16-8-5-11/h2-9H,1H3,(H,19,20). The molecular formula is C15H12N4OS. The van der Waals surface area contributed by atoms with Crippen molar-refractivity contribution in [2.24, 2.45) is 0 Å². The molecule has 0 saturated carbocycles. The molecule has 0 bridgehead atoms. The monoisotopic (exact) mass is 296 g/mol. The van der Waals surface area contributed by atoms with Gasteiger partial charge in [0.15, 0.2) is 0 Å².